The van der Waals surface area contributed by atoms with Crippen LogP contribution in [0.25, 0.3) is 0 Å². The van der Waals surface area contributed by atoms with Gasteiger partial charge in [-0.05, 0) is 95.9 Å². The zero-order valence-corrected chi connectivity index (χ0v) is 75.3. The van der Waals surface area contributed by atoms with Gasteiger partial charge in [-0.2, -0.15) is 24.3 Å². The van der Waals surface area contributed by atoms with Gasteiger partial charge in [0.05, 0.1) is 0 Å². The van der Waals surface area contributed by atoms with Gasteiger partial charge >= 0.3 is 119 Å². The molecule has 0 aliphatic heterocycles. The number of hydrogen-bond donors (Lipinski definition) is 0. The van der Waals surface area contributed by atoms with Crippen molar-refractivity contribution in [1.29, 1.82) is 0 Å². The van der Waals surface area contributed by atoms with Crippen LogP contribution in [0.2, 0.25) is 18.1 Å². The summed E-state index contributed by atoms with van der Waals surface area (Å²) in [5.74, 6) is 0. The molecule has 0 amide bonds. The van der Waals surface area contributed by atoms with E-state index in [-0.39, 0.29) is 173 Å². The largest absolute Gasteiger partial charge is 4.00 e. The minimum absolute atomic E-state index is 0. The van der Waals surface area contributed by atoms with E-state index in [1.807, 2.05) is 90.0 Å². The molecule has 0 saturated carbocycles. The summed E-state index contributed by atoms with van der Waals surface area (Å²) in [7, 11) is -9.96. The minimum atomic E-state index is -2.66. The smallest absolute Gasteiger partial charge is 0.382 e. The summed E-state index contributed by atoms with van der Waals surface area (Å²) in [6.45, 7) is 33.7. The Morgan fingerprint density at radius 3 is 0.822 bits per heavy atom. The van der Waals surface area contributed by atoms with Gasteiger partial charge < -0.3 is 142 Å². The number of unbranched alkanes of at least 4 members (excludes halogenated alkanes) is 5. The first-order chi connectivity index (χ1) is 36.0. The molecule has 0 bridgehead atoms. The van der Waals surface area contributed by atoms with E-state index in [4.69, 9.17) is 53.1 Å². The molecule has 0 spiro atoms. The molecule has 0 heterocycles. The van der Waals surface area contributed by atoms with Crippen molar-refractivity contribution in [3.8, 4) is 0 Å². The molecular weight excluding hydrogens is 1930 g/mol. The maximum Gasteiger partial charge on any atom is 4.00 e. The Kier molecular flexibility index (Phi) is 123. The van der Waals surface area contributed by atoms with Crippen molar-refractivity contribution in [2.45, 2.75) is 198 Å². The third-order valence-corrected chi connectivity index (χ3v) is 24.4. The summed E-state index contributed by atoms with van der Waals surface area (Å²) >= 11 is 0. The number of allylic oxidation sites excluding steroid dienone is 16. The molecule has 548 valence electrons. The Morgan fingerprint density at radius 2 is 0.556 bits per heavy atom. The predicted octanol–water partition coefficient (Wildman–Crippen LogP) is 20.1. The van der Waals surface area contributed by atoms with Gasteiger partial charge in [0.2, 0.25) is 0 Å². The van der Waals surface area contributed by atoms with Crippen molar-refractivity contribution in [2.75, 3.05) is 79.3 Å². The molecule has 12 nitrogen and oxygen atoms in total. The molecule has 0 fully saturated rings. The van der Waals surface area contributed by atoms with E-state index in [0.29, 0.717) is 79.3 Å². The SMILES string of the molecule is CCO[Si](CCC1=[C-]CC=C1)(OCC)OCC.CCO[Si](CCCC1=[C-]CC=C1)(OCC)OCC.CCO[Si](CCCCCCCCC1=[C-]CC=C1)(OCC)OCC.CCO[Si](OCC)(OCC)C1=CC[C-]=C1C.[CH3-].[CH3-].[CH3-].[CH3-].[CH3-].[CH3-].[CH3-].[CH3-].[CH3-].[CH3-].[CH3-].[CH3-].[Pt+4].[Pt+4].[Pt+4].[Pt+4]. The summed E-state index contributed by atoms with van der Waals surface area (Å²) in [6.07, 6.45) is 44.0. The fourth-order valence-electron chi connectivity index (χ4n) is 8.85. The first-order valence-corrected chi connectivity index (χ1v) is 36.2. The summed E-state index contributed by atoms with van der Waals surface area (Å²) in [6, 6.07) is 2.69. The second-order valence-electron chi connectivity index (χ2n) is 17.3. The Balaban J connectivity index is -0.0000000551. The van der Waals surface area contributed by atoms with Gasteiger partial charge in [0.15, 0.2) is 0 Å². The normalized spacial score (nSPS) is 12.5. The van der Waals surface area contributed by atoms with Gasteiger partial charge in [0.25, 0.3) is 0 Å². The number of rotatable bonds is 41. The molecule has 4 aliphatic rings. The van der Waals surface area contributed by atoms with E-state index in [2.05, 4.69) is 66.8 Å². The standard InChI is InChI=1S/C19H35O3Si.C14H25O3Si.C13H23O3Si.C12H21O3Si.12CH3.4Pt/c1-4-20-23(21-5-2,22-6-3)18-14-10-8-7-9-11-15-19-16-12-13-17-19;1-4-15-18(16-5-2,17-6-3)13-9-12-14-10-7-8-11-14;1-4-14-17(15-5-2,16-6-3)12-11-13-9-7-8-10-13;1-5-13-16(14-6-2,15-7-3)12-10-8-9-11(12)4;;;;;;;;;;;;;;;;/h12,16H,4-11,13-15,18H2,1-3H3;7,10H,4-6,8-9,12-13H2,1-3H3;7,9H,4-6,8,11-12H2,1-3H3;10H,5-8H2,1-4H3;12*1H3;;;;/q16*-1;4*+4. The van der Waals surface area contributed by atoms with Crippen LogP contribution in [0.1, 0.15) is 180 Å². The van der Waals surface area contributed by atoms with Crippen molar-refractivity contribution in [1.82, 2.24) is 0 Å². The Hall–Kier alpha value is 1.06. The molecular formula is C70H140O12Pt4Si4. The van der Waals surface area contributed by atoms with Crippen LogP contribution in [0.5, 0.6) is 0 Å². The van der Waals surface area contributed by atoms with Crippen molar-refractivity contribution in [3.63, 3.8) is 0 Å². The van der Waals surface area contributed by atoms with Gasteiger partial charge in [-0.3, -0.25) is 24.3 Å². The molecule has 0 aromatic rings. The van der Waals surface area contributed by atoms with Crippen LogP contribution < -0.4 is 0 Å². The van der Waals surface area contributed by atoms with E-state index in [0.717, 1.165) is 80.3 Å². The van der Waals surface area contributed by atoms with Crippen molar-refractivity contribution >= 4 is 35.2 Å². The predicted molar refractivity (Wildman–Crippen MR) is 387 cm³/mol. The van der Waals surface area contributed by atoms with E-state index in [9.17, 15) is 0 Å². The second-order valence-corrected chi connectivity index (χ2v) is 28.0. The first-order valence-electron chi connectivity index (χ1n) is 28.7. The molecule has 0 N–H and O–H groups in total. The third-order valence-electron chi connectivity index (χ3n) is 11.8. The van der Waals surface area contributed by atoms with Crippen LogP contribution in [0, 0.1) is 113 Å². The average Bonchev–Trinajstić information content (AvgIpc) is 4.25. The minimum Gasteiger partial charge on any atom is -0.382 e. The molecule has 4 aliphatic carbocycles. The van der Waals surface area contributed by atoms with Crippen molar-refractivity contribution in [2.24, 2.45) is 0 Å². The molecule has 0 saturated heterocycles. The summed E-state index contributed by atoms with van der Waals surface area (Å²) in [4.78, 5) is 0. The molecule has 0 unspecified atom stereocenters. The fraction of sp³-hybridized carbons (Fsp3) is 0.600. The van der Waals surface area contributed by atoms with E-state index >= 15 is 0 Å². The summed E-state index contributed by atoms with van der Waals surface area (Å²) < 4.78 is 70.0. The maximum atomic E-state index is 5.89. The first kappa shape index (κ1) is 131. The molecule has 0 aromatic heterocycles. The van der Waals surface area contributed by atoms with E-state index < -0.39 is 35.2 Å². The van der Waals surface area contributed by atoms with Gasteiger partial charge in [-0.25, -0.2) is 40.5 Å². The van der Waals surface area contributed by atoms with Crippen LogP contribution in [0.3, 0.4) is 0 Å². The van der Waals surface area contributed by atoms with Crippen molar-refractivity contribution < 1.29 is 137 Å². The Morgan fingerprint density at radius 1 is 0.300 bits per heavy atom. The van der Waals surface area contributed by atoms with Gasteiger partial charge in [-0.15, -0.1) is 30.9 Å². The summed E-state index contributed by atoms with van der Waals surface area (Å²) in [5.41, 5.74) is 5.08. The fourth-order valence-corrected chi connectivity index (χ4v) is 19.5. The second kappa shape index (κ2) is 84.3. The Labute approximate surface area is 627 Å². The van der Waals surface area contributed by atoms with Crippen LogP contribution in [-0.4, -0.2) is 115 Å². The molecule has 0 radical (unpaired) electrons. The molecule has 0 aromatic carbocycles. The quantitative estimate of drug-likeness (QED) is 0.0330. The summed E-state index contributed by atoms with van der Waals surface area (Å²) in [5, 5.41) is 1.10. The van der Waals surface area contributed by atoms with Crippen LogP contribution >= 0.6 is 0 Å². The third kappa shape index (κ3) is 56.0. The van der Waals surface area contributed by atoms with Gasteiger partial charge in [-0.1, -0.05) is 58.3 Å². The van der Waals surface area contributed by atoms with E-state index in [1.54, 1.807) is 0 Å². The van der Waals surface area contributed by atoms with Gasteiger partial charge in [0, 0.05) is 97.4 Å². The van der Waals surface area contributed by atoms with E-state index in [1.165, 1.54) is 55.2 Å². The molecule has 90 heavy (non-hydrogen) atoms. The zero-order chi connectivity index (χ0) is 54.7. The van der Waals surface area contributed by atoms with Crippen LogP contribution in [0.15, 0.2) is 70.0 Å². The Bertz CT molecular complexity index is 1640. The monoisotopic (exact) mass is 2060 g/mol. The van der Waals surface area contributed by atoms with Crippen molar-refractivity contribution in [3.05, 3.63) is 183 Å². The zero-order valence-electron chi connectivity index (χ0n) is 62.2. The van der Waals surface area contributed by atoms with Crippen LogP contribution in [-0.2, 0) is 137 Å². The van der Waals surface area contributed by atoms with Crippen LogP contribution in [0.4, 0.5) is 0 Å². The average molecular weight is 2070 g/mol. The molecule has 4 rings (SSSR count). The molecule has 0 atom stereocenters. The van der Waals surface area contributed by atoms with Gasteiger partial charge in [0.1, 0.15) is 0 Å². The topological polar surface area (TPSA) is 111 Å². The maximum absolute atomic E-state index is 5.89. The molecule has 20 heteroatoms. The number of hydrogen-bond acceptors (Lipinski definition) is 12.